The molecule has 0 spiro atoms. The first kappa shape index (κ1) is 18.0. The molecule has 0 amide bonds. The SMILES string of the molecule is C\C=C/C=C/C=C(\C=C/C)C(/C(C)=O)=C(/C)CCC=O. The Balaban J connectivity index is 5.56. The molecule has 0 aromatic heterocycles. The third-order valence-corrected chi connectivity index (χ3v) is 2.74. The first-order valence-electron chi connectivity index (χ1n) is 6.85. The Morgan fingerprint density at radius 1 is 1.00 bits per heavy atom. The normalized spacial score (nSPS) is 14.3. The van der Waals surface area contributed by atoms with E-state index in [2.05, 4.69) is 0 Å². The molecule has 108 valence electrons. The molecule has 0 aromatic carbocycles. The van der Waals surface area contributed by atoms with Crippen LogP contribution in [0.4, 0.5) is 0 Å². The fraction of sp³-hybridized carbons (Fsp3) is 0.333. The van der Waals surface area contributed by atoms with Crippen molar-refractivity contribution in [2.45, 2.75) is 40.5 Å². The van der Waals surface area contributed by atoms with Crippen LogP contribution in [0.2, 0.25) is 0 Å². The minimum atomic E-state index is 0.0252. The molecule has 0 rings (SSSR count). The molecule has 0 bridgehead atoms. The average Bonchev–Trinajstić information content (AvgIpc) is 2.41. The predicted molar refractivity (Wildman–Crippen MR) is 85.5 cm³/mol. The van der Waals surface area contributed by atoms with Gasteiger partial charge in [0.1, 0.15) is 6.29 Å². The molecular formula is C18H24O2. The maximum absolute atomic E-state index is 11.9. The van der Waals surface area contributed by atoms with Crippen molar-refractivity contribution >= 4 is 12.1 Å². The summed E-state index contributed by atoms with van der Waals surface area (Å²) in [6, 6.07) is 0. The number of hydrogen-bond acceptors (Lipinski definition) is 2. The lowest BCUT2D eigenvalue weighted by Gasteiger charge is -2.10. The number of aldehydes is 1. The van der Waals surface area contributed by atoms with Crippen molar-refractivity contribution in [2.24, 2.45) is 0 Å². The van der Waals surface area contributed by atoms with Gasteiger partial charge in [-0.25, -0.2) is 0 Å². The number of ketones is 1. The summed E-state index contributed by atoms with van der Waals surface area (Å²) in [6.45, 7) is 7.34. The van der Waals surface area contributed by atoms with E-state index < -0.39 is 0 Å². The fourth-order valence-corrected chi connectivity index (χ4v) is 1.89. The van der Waals surface area contributed by atoms with Crippen molar-refractivity contribution in [3.8, 4) is 0 Å². The smallest absolute Gasteiger partial charge is 0.160 e. The third kappa shape index (κ3) is 6.83. The van der Waals surface area contributed by atoms with E-state index >= 15 is 0 Å². The van der Waals surface area contributed by atoms with Crippen molar-refractivity contribution in [2.75, 3.05) is 0 Å². The fourth-order valence-electron chi connectivity index (χ4n) is 1.89. The molecule has 0 aliphatic rings. The lowest BCUT2D eigenvalue weighted by atomic mass is 9.94. The van der Waals surface area contributed by atoms with E-state index in [0.717, 1.165) is 17.4 Å². The molecule has 0 aromatic rings. The lowest BCUT2D eigenvalue weighted by Crippen LogP contribution is -2.03. The number of rotatable bonds is 8. The zero-order valence-electron chi connectivity index (χ0n) is 12.8. The summed E-state index contributed by atoms with van der Waals surface area (Å²) in [4.78, 5) is 22.4. The van der Waals surface area contributed by atoms with Crippen molar-refractivity contribution in [3.05, 3.63) is 59.3 Å². The van der Waals surface area contributed by atoms with Gasteiger partial charge in [-0.2, -0.15) is 0 Å². The molecule has 20 heavy (non-hydrogen) atoms. The van der Waals surface area contributed by atoms with E-state index in [4.69, 9.17) is 0 Å². The van der Waals surface area contributed by atoms with Gasteiger partial charge in [-0.3, -0.25) is 4.79 Å². The molecule has 0 atom stereocenters. The molecule has 0 saturated heterocycles. The number of carbonyl (C=O) groups excluding carboxylic acids is 2. The molecule has 0 aliphatic carbocycles. The summed E-state index contributed by atoms with van der Waals surface area (Å²) >= 11 is 0. The second-order valence-corrected chi connectivity index (χ2v) is 4.45. The van der Waals surface area contributed by atoms with Crippen LogP contribution in [0.1, 0.15) is 40.5 Å². The van der Waals surface area contributed by atoms with E-state index in [9.17, 15) is 9.59 Å². The minimum absolute atomic E-state index is 0.0252. The summed E-state index contributed by atoms with van der Waals surface area (Å²) in [6.07, 6.45) is 15.4. The van der Waals surface area contributed by atoms with Crippen LogP contribution in [-0.2, 0) is 9.59 Å². The molecule has 2 heteroatoms. The van der Waals surface area contributed by atoms with E-state index in [-0.39, 0.29) is 5.78 Å². The number of hydrogen-bond donors (Lipinski definition) is 0. The first-order valence-corrected chi connectivity index (χ1v) is 6.85. The van der Waals surface area contributed by atoms with Gasteiger partial charge in [-0.1, -0.05) is 48.1 Å². The van der Waals surface area contributed by atoms with Crippen LogP contribution < -0.4 is 0 Å². The number of Topliss-reactive ketones (excluding diaryl/α,β-unsaturated/α-hetero) is 1. The zero-order chi connectivity index (χ0) is 15.4. The first-order chi connectivity index (χ1) is 9.58. The highest BCUT2D eigenvalue weighted by molar-refractivity contribution is 5.99. The molecule has 0 unspecified atom stereocenters. The third-order valence-electron chi connectivity index (χ3n) is 2.74. The quantitative estimate of drug-likeness (QED) is 0.370. The summed E-state index contributed by atoms with van der Waals surface area (Å²) in [7, 11) is 0. The van der Waals surface area contributed by atoms with Crippen LogP contribution in [0.25, 0.3) is 0 Å². The summed E-state index contributed by atoms with van der Waals surface area (Å²) in [5.41, 5.74) is 2.53. The van der Waals surface area contributed by atoms with Crippen LogP contribution in [-0.4, -0.2) is 12.1 Å². The van der Waals surface area contributed by atoms with E-state index in [1.165, 1.54) is 0 Å². The molecule has 0 aliphatic heterocycles. The largest absolute Gasteiger partial charge is 0.303 e. The molecule has 0 radical (unpaired) electrons. The van der Waals surface area contributed by atoms with Gasteiger partial charge in [-0.05, 0) is 39.7 Å². The van der Waals surface area contributed by atoms with Gasteiger partial charge in [0.2, 0.25) is 0 Å². The highest BCUT2D eigenvalue weighted by Crippen LogP contribution is 2.21. The Bertz CT molecular complexity index is 472. The Labute approximate surface area is 122 Å². The number of carbonyl (C=O) groups is 2. The summed E-state index contributed by atoms with van der Waals surface area (Å²) in [5, 5.41) is 0. The summed E-state index contributed by atoms with van der Waals surface area (Å²) in [5.74, 6) is 0.0252. The van der Waals surface area contributed by atoms with Gasteiger partial charge in [0.25, 0.3) is 0 Å². The van der Waals surface area contributed by atoms with Crippen LogP contribution in [0.5, 0.6) is 0 Å². The maximum Gasteiger partial charge on any atom is 0.160 e. The van der Waals surface area contributed by atoms with Gasteiger partial charge in [0.05, 0.1) is 0 Å². The maximum atomic E-state index is 11.9. The topological polar surface area (TPSA) is 34.1 Å². The lowest BCUT2D eigenvalue weighted by molar-refractivity contribution is -0.113. The Morgan fingerprint density at radius 3 is 2.20 bits per heavy atom. The Morgan fingerprint density at radius 2 is 1.70 bits per heavy atom. The minimum Gasteiger partial charge on any atom is -0.303 e. The van der Waals surface area contributed by atoms with Crippen LogP contribution >= 0.6 is 0 Å². The average molecular weight is 272 g/mol. The van der Waals surface area contributed by atoms with Gasteiger partial charge in [0, 0.05) is 12.0 Å². The monoisotopic (exact) mass is 272 g/mol. The van der Waals surface area contributed by atoms with Crippen molar-refractivity contribution in [1.82, 2.24) is 0 Å². The summed E-state index contributed by atoms with van der Waals surface area (Å²) < 4.78 is 0. The van der Waals surface area contributed by atoms with Crippen molar-refractivity contribution < 1.29 is 9.59 Å². The molecule has 0 heterocycles. The van der Waals surface area contributed by atoms with Crippen LogP contribution in [0, 0.1) is 0 Å². The van der Waals surface area contributed by atoms with E-state index in [1.54, 1.807) is 6.92 Å². The van der Waals surface area contributed by atoms with Gasteiger partial charge in [-0.15, -0.1) is 0 Å². The molecular weight excluding hydrogens is 248 g/mol. The van der Waals surface area contributed by atoms with Gasteiger partial charge < -0.3 is 4.79 Å². The van der Waals surface area contributed by atoms with Crippen LogP contribution in [0.15, 0.2) is 59.3 Å². The number of allylic oxidation sites excluding steroid dienone is 10. The second kappa shape index (κ2) is 10.9. The zero-order valence-corrected chi connectivity index (χ0v) is 12.8. The van der Waals surface area contributed by atoms with Crippen molar-refractivity contribution in [3.63, 3.8) is 0 Å². The second-order valence-electron chi connectivity index (χ2n) is 4.45. The van der Waals surface area contributed by atoms with Crippen molar-refractivity contribution in [1.29, 1.82) is 0 Å². The Hall–Kier alpha value is -1.96. The van der Waals surface area contributed by atoms with Gasteiger partial charge >= 0.3 is 0 Å². The highest BCUT2D eigenvalue weighted by Gasteiger charge is 2.11. The molecule has 0 N–H and O–H groups in total. The van der Waals surface area contributed by atoms with Gasteiger partial charge in [0.15, 0.2) is 5.78 Å². The van der Waals surface area contributed by atoms with E-state index in [1.807, 2.05) is 63.3 Å². The van der Waals surface area contributed by atoms with E-state index in [0.29, 0.717) is 18.4 Å². The predicted octanol–water partition coefficient (Wildman–Crippen LogP) is 4.51. The Kier molecular flexibility index (Phi) is 9.85. The molecule has 0 fully saturated rings. The highest BCUT2D eigenvalue weighted by atomic mass is 16.1. The molecule has 2 nitrogen and oxygen atoms in total. The molecule has 0 saturated carbocycles. The van der Waals surface area contributed by atoms with Crippen LogP contribution in [0.3, 0.4) is 0 Å². The standard InChI is InChI=1S/C18H24O2/c1-5-7-8-9-13-17(11-6-2)18(16(4)20)15(3)12-10-14-19/h5-9,11,13-14H,10,12H2,1-4H3/b7-5-,9-8+,11-6-,17-13+,18-15-.